The maximum atomic E-state index is 12.8. The van der Waals surface area contributed by atoms with Crippen LogP contribution in [-0.2, 0) is 4.79 Å². The summed E-state index contributed by atoms with van der Waals surface area (Å²) in [7, 11) is 0. The largest absolute Gasteiger partial charge is 0.491 e. The molecule has 0 aromatic heterocycles. The fourth-order valence-electron chi connectivity index (χ4n) is 3.67. The zero-order valence-corrected chi connectivity index (χ0v) is 15.8. The van der Waals surface area contributed by atoms with Crippen LogP contribution < -0.4 is 10.1 Å². The van der Waals surface area contributed by atoms with Crippen LogP contribution in [0.4, 0.5) is 4.79 Å². The third-order valence-corrected chi connectivity index (χ3v) is 5.63. The van der Waals surface area contributed by atoms with Crippen LogP contribution in [0.25, 0.3) is 0 Å². The van der Waals surface area contributed by atoms with Gasteiger partial charge in [-0.1, -0.05) is 41.8 Å². The van der Waals surface area contributed by atoms with Crippen LogP contribution in [0.15, 0.2) is 28.7 Å². The predicted molar refractivity (Wildman–Crippen MR) is 96.3 cm³/mol. The van der Waals surface area contributed by atoms with Crippen LogP contribution in [0, 0.1) is 5.92 Å². The molecule has 1 aliphatic carbocycles. The second-order valence-corrected chi connectivity index (χ2v) is 7.80. The van der Waals surface area contributed by atoms with Gasteiger partial charge in [-0.3, -0.25) is 9.69 Å². The van der Waals surface area contributed by atoms with Crippen LogP contribution in [-0.4, -0.2) is 46.7 Å². The molecule has 1 saturated heterocycles. The van der Waals surface area contributed by atoms with Gasteiger partial charge in [-0.05, 0) is 37.0 Å². The topological polar surface area (TPSA) is 78.9 Å². The summed E-state index contributed by atoms with van der Waals surface area (Å²) in [5.41, 5.74) is -0.791. The molecule has 1 saturated carbocycles. The maximum absolute atomic E-state index is 12.8. The number of aliphatic hydroxyl groups is 1. The van der Waals surface area contributed by atoms with Gasteiger partial charge in [-0.15, -0.1) is 0 Å². The molecule has 3 atom stereocenters. The Morgan fingerprint density at radius 1 is 1.44 bits per heavy atom. The van der Waals surface area contributed by atoms with E-state index >= 15 is 0 Å². The Kier molecular flexibility index (Phi) is 5.34. The predicted octanol–water partition coefficient (Wildman–Crippen LogP) is 2.69. The molecular formula is C18H23BrN2O4. The van der Waals surface area contributed by atoms with Crippen molar-refractivity contribution in [3.63, 3.8) is 0 Å². The number of nitrogens with one attached hydrogen (secondary N) is 1. The number of nitrogens with zero attached hydrogens (tertiary/aromatic N) is 1. The maximum Gasteiger partial charge on any atom is 0.325 e. The molecule has 1 aromatic carbocycles. The molecule has 0 bridgehead atoms. The molecule has 25 heavy (non-hydrogen) atoms. The number of rotatable bonds is 5. The molecule has 2 N–H and O–H groups in total. The molecular weight excluding hydrogens is 388 g/mol. The van der Waals surface area contributed by atoms with Crippen LogP contribution >= 0.6 is 15.9 Å². The van der Waals surface area contributed by atoms with Crippen molar-refractivity contribution >= 4 is 27.9 Å². The number of imide groups is 1. The van der Waals surface area contributed by atoms with Crippen molar-refractivity contribution in [2.24, 2.45) is 5.92 Å². The fourth-order valence-corrected chi connectivity index (χ4v) is 4.05. The highest BCUT2D eigenvalue weighted by Crippen LogP contribution is 2.38. The normalized spacial score (nSPS) is 27.5. The number of hydrogen-bond donors (Lipinski definition) is 2. The molecule has 2 fully saturated rings. The van der Waals surface area contributed by atoms with E-state index in [0.29, 0.717) is 12.2 Å². The highest BCUT2D eigenvalue weighted by atomic mass is 79.9. The molecule has 1 heterocycles. The number of amides is 3. The smallest absolute Gasteiger partial charge is 0.325 e. The van der Waals surface area contributed by atoms with Gasteiger partial charge in [0.2, 0.25) is 0 Å². The SMILES string of the molecule is CC1CCCCC12NC(=O)N(CC(O)COc1cccc(Br)c1)C2=O. The summed E-state index contributed by atoms with van der Waals surface area (Å²) < 4.78 is 6.41. The van der Waals surface area contributed by atoms with Crippen LogP contribution in [0.1, 0.15) is 32.6 Å². The van der Waals surface area contributed by atoms with E-state index in [2.05, 4.69) is 21.2 Å². The van der Waals surface area contributed by atoms with E-state index in [1.54, 1.807) is 12.1 Å². The standard InChI is InChI=1S/C18H23BrN2O4/c1-12-5-2-3-8-18(12)16(23)21(17(24)20-18)10-14(22)11-25-15-7-4-6-13(19)9-15/h4,6-7,9,12,14,22H,2-3,5,8,10-11H2,1H3,(H,20,24). The van der Waals surface area contributed by atoms with Gasteiger partial charge in [0.05, 0.1) is 6.54 Å². The molecule has 1 aliphatic heterocycles. The van der Waals surface area contributed by atoms with Crippen LogP contribution in [0.3, 0.4) is 0 Å². The molecule has 7 heteroatoms. The van der Waals surface area contributed by atoms with Crippen molar-refractivity contribution in [3.8, 4) is 5.75 Å². The van der Waals surface area contributed by atoms with E-state index in [-0.39, 0.29) is 25.0 Å². The first-order valence-electron chi connectivity index (χ1n) is 8.63. The summed E-state index contributed by atoms with van der Waals surface area (Å²) in [6.45, 7) is 1.96. The second-order valence-electron chi connectivity index (χ2n) is 6.89. The Hall–Kier alpha value is -1.60. The summed E-state index contributed by atoms with van der Waals surface area (Å²) >= 11 is 3.35. The van der Waals surface area contributed by atoms with E-state index in [1.165, 1.54) is 0 Å². The Morgan fingerprint density at radius 3 is 2.96 bits per heavy atom. The first-order valence-corrected chi connectivity index (χ1v) is 9.42. The highest BCUT2D eigenvalue weighted by molar-refractivity contribution is 9.10. The van der Waals surface area contributed by atoms with E-state index in [0.717, 1.165) is 28.6 Å². The third kappa shape index (κ3) is 3.67. The minimum atomic E-state index is -0.942. The third-order valence-electron chi connectivity index (χ3n) is 5.13. The van der Waals surface area contributed by atoms with Crippen molar-refractivity contribution in [2.45, 2.75) is 44.2 Å². The quantitative estimate of drug-likeness (QED) is 0.731. The number of aliphatic hydroxyl groups excluding tert-OH is 1. The van der Waals surface area contributed by atoms with Crippen molar-refractivity contribution in [1.29, 1.82) is 0 Å². The summed E-state index contributed by atoms with van der Waals surface area (Å²) in [5.74, 6) is 0.506. The van der Waals surface area contributed by atoms with Gasteiger partial charge in [0.25, 0.3) is 5.91 Å². The first-order chi connectivity index (χ1) is 11.9. The second kappa shape index (κ2) is 7.33. The van der Waals surface area contributed by atoms with Gasteiger partial charge in [0, 0.05) is 4.47 Å². The van der Waals surface area contributed by atoms with E-state index in [9.17, 15) is 14.7 Å². The van der Waals surface area contributed by atoms with Gasteiger partial charge in [0.15, 0.2) is 0 Å². The van der Waals surface area contributed by atoms with Gasteiger partial charge in [-0.2, -0.15) is 0 Å². The number of carbonyl (C=O) groups excluding carboxylic acids is 2. The van der Waals surface area contributed by atoms with Crippen LogP contribution in [0.2, 0.25) is 0 Å². The van der Waals surface area contributed by atoms with Crippen molar-refractivity contribution < 1.29 is 19.4 Å². The van der Waals surface area contributed by atoms with Gasteiger partial charge >= 0.3 is 6.03 Å². The summed E-state index contributed by atoms with van der Waals surface area (Å²) in [5, 5.41) is 13.1. The molecule has 3 amide bonds. The number of benzene rings is 1. The molecule has 1 aromatic rings. The minimum absolute atomic E-state index is 0.00999. The van der Waals surface area contributed by atoms with E-state index in [4.69, 9.17) is 4.74 Å². The molecule has 6 nitrogen and oxygen atoms in total. The Labute approximate surface area is 155 Å². The zero-order valence-electron chi connectivity index (χ0n) is 14.2. The number of ether oxygens (including phenoxy) is 1. The molecule has 3 unspecified atom stereocenters. The molecule has 2 aliphatic rings. The first kappa shape index (κ1) is 18.2. The van der Waals surface area contributed by atoms with Crippen molar-refractivity contribution in [1.82, 2.24) is 10.2 Å². The summed E-state index contributed by atoms with van der Waals surface area (Å²) in [6, 6.07) is 6.86. The van der Waals surface area contributed by atoms with Gasteiger partial charge < -0.3 is 15.2 Å². The van der Waals surface area contributed by atoms with E-state index < -0.39 is 17.7 Å². The highest BCUT2D eigenvalue weighted by Gasteiger charge is 2.54. The average Bonchev–Trinajstić information content (AvgIpc) is 2.81. The Balaban J connectivity index is 1.60. The lowest BCUT2D eigenvalue weighted by atomic mass is 9.73. The number of urea groups is 1. The number of β-amino-alcohol motifs (C(OH)–C–C–N with tert-alkyl or cyclic N) is 1. The fraction of sp³-hybridized carbons (Fsp3) is 0.556. The lowest BCUT2D eigenvalue weighted by Gasteiger charge is -2.36. The monoisotopic (exact) mass is 410 g/mol. The van der Waals surface area contributed by atoms with E-state index in [1.807, 2.05) is 19.1 Å². The zero-order chi connectivity index (χ0) is 18.0. The molecule has 136 valence electrons. The van der Waals surface area contributed by atoms with Gasteiger partial charge in [0.1, 0.15) is 24.0 Å². The Bertz CT molecular complexity index is 668. The van der Waals surface area contributed by atoms with Crippen molar-refractivity contribution in [2.75, 3.05) is 13.2 Å². The lowest BCUT2D eigenvalue weighted by Crippen LogP contribution is -2.54. The summed E-state index contributed by atoms with van der Waals surface area (Å²) in [4.78, 5) is 26.3. The molecule has 0 radical (unpaired) electrons. The number of carbonyl (C=O) groups is 2. The van der Waals surface area contributed by atoms with Crippen LogP contribution in [0.5, 0.6) is 5.75 Å². The number of hydrogen-bond acceptors (Lipinski definition) is 4. The molecule has 3 rings (SSSR count). The van der Waals surface area contributed by atoms with Gasteiger partial charge in [-0.25, -0.2) is 4.79 Å². The summed E-state index contributed by atoms with van der Waals surface area (Å²) in [6.07, 6.45) is 2.66. The number of halogens is 1. The lowest BCUT2D eigenvalue weighted by molar-refractivity contribution is -0.135. The average molecular weight is 411 g/mol. The minimum Gasteiger partial charge on any atom is -0.491 e. The van der Waals surface area contributed by atoms with Crippen molar-refractivity contribution in [3.05, 3.63) is 28.7 Å². The molecule has 1 spiro atoms. The Morgan fingerprint density at radius 2 is 2.24 bits per heavy atom.